The van der Waals surface area contributed by atoms with E-state index in [0.717, 1.165) is 12.4 Å². The van der Waals surface area contributed by atoms with Crippen molar-refractivity contribution in [2.75, 3.05) is 11.9 Å². The highest BCUT2D eigenvalue weighted by Gasteiger charge is 1.97. The molecule has 0 unspecified atom stereocenters. The van der Waals surface area contributed by atoms with Crippen LogP contribution in [0, 0.1) is 0 Å². The molecule has 4 nitrogen and oxygen atoms in total. The number of hydrogen-bond donors (Lipinski definition) is 2. The fraction of sp³-hybridized carbons (Fsp3) is 0.0909. The fourth-order valence-corrected chi connectivity index (χ4v) is 1.09. The summed E-state index contributed by atoms with van der Waals surface area (Å²) in [5.74, 6) is -0.986. The quantitative estimate of drug-likeness (QED) is 0.565. The van der Waals surface area contributed by atoms with Crippen molar-refractivity contribution in [3.8, 4) is 0 Å². The number of rotatable bonds is 5. The molecule has 1 aromatic rings. The summed E-state index contributed by atoms with van der Waals surface area (Å²) in [7, 11) is 0. The van der Waals surface area contributed by atoms with Crippen molar-refractivity contribution in [3.63, 3.8) is 0 Å². The van der Waals surface area contributed by atoms with Gasteiger partial charge in [0.15, 0.2) is 6.29 Å². The Kier molecular flexibility index (Phi) is 4.09. The standard InChI is InChI=1S/C11H11NO3/c13-8-9-4-1-2-5-10(9)12-7-3-6-11(14)15/h1-6,8,12H,7H2,(H,14,15)/b6-3+. The van der Waals surface area contributed by atoms with Gasteiger partial charge >= 0.3 is 5.97 Å². The molecule has 15 heavy (non-hydrogen) atoms. The van der Waals surface area contributed by atoms with E-state index in [0.29, 0.717) is 17.8 Å². The van der Waals surface area contributed by atoms with Gasteiger partial charge in [0.1, 0.15) is 0 Å². The maximum absolute atomic E-state index is 10.6. The van der Waals surface area contributed by atoms with Crippen LogP contribution in [-0.4, -0.2) is 23.9 Å². The van der Waals surface area contributed by atoms with Gasteiger partial charge in [-0.25, -0.2) is 4.79 Å². The Morgan fingerprint density at radius 2 is 2.13 bits per heavy atom. The average molecular weight is 205 g/mol. The van der Waals surface area contributed by atoms with Crippen LogP contribution < -0.4 is 5.32 Å². The van der Waals surface area contributed by atoms with Crippen LogP contribution in [0.15, 0.2) is 36.4 Å². The Hall–Kier alpha value is -2.10. The highest BCUT2D eigenvalue weighted by Crippen LogP contribution is 2.11. The van der Waals surface area contributed by atoms with Crippen LogP contribution in [0.3, 0.4) is 0 Å². The molecule has 0 atom stereocenters. The molecule has 0 amide bonds. The van der Waals surface area contributed by atoms with Crippen LogP contribution in [0.4, 0.5) is 5.69 Å². The highest BCUT2D eigenvalue weighted by atomic mass is 16.4. The van der Waals surface area contributed by atoms with E-state index in [-0.39, 0.29) is 0 Å². The van der Waals surface area contributed by atoms with Crippen molar-refractivity contribution in [1.29, 1.82) is 0 Å². The number of carboxylic acid groups (broad SMARTS) is 1. The number of nitrogens with one attached hydrogen (secondary N) is 1. The van der Waals surface area contributed by atoms with Crippen LogP contribution in [0.2, 0.25) is 0 Å². The monoisotopic (exact) mass is 205 g/mol. The van der Waals surface area contributed by atoms with Gasteiger partial charge in [0.25, 0.3) is 0 Å². The first-order chi connectivity index (χ1) is 7.24. The van der Waals surface area contributed by atoms with Gasteiger partial charge in [-0.05, 0) is 12.1 Å². The molecule has 0 bridgehead atoms. The smallest absolute Gasteiger partial charge is 0.328 e. The summed E-state index contributed by atoms with van der Waals surface area (Å²) in [5, 5.41) is 11.3. The van der Waals surface area contributed by atoms with Crippen molar-refractivity contribution in [3.05, 3.63) is 42.0 Å². The molecule has 0 heterocycles. The molecule has 0 aliphatic rings. The number of carboxylic acids is 1. The zero-order valence-electron chi connectivity index (χ0n) is 8.01. The maximum atomic E-state index is 10.6. The van der Waals surface area contributed by atoms with Gasteiger partial charge in [-0.3, -0.25) is 4.79 Å². The number of para-hydroxylation sites is 1. The maximum Gasteiger partial charge on any atom is 0.328 e. The SMILES string of the molecule is O=Cc1ccccc1NC/C=C/C(=O)O. The second-order valence-corrected chi connectivity index (χ2v) is 2.83. The van der Waals surface area contributed by atoms with Gasteiger partial charge in [0, 0.05) is 23.9 Å². The topological polar surface area (TPSA) is 66.4 Å². The lowest BCUT2D eigenvalue weighted by molar-refractivity contribution is -0.131. The first-order valence-corrected chi connectivity index (χ1v) is 4.41. The summed E-state index contributed by atoms with van der Waals surface area (Å²) in [4.78, 5) is 20.8. The lowest BCUT2D eigenvalue weighted by atomic mass is 10.2. The number of carbonyl (C=O) groups excluding carboxylic acids is 1. The Labute approximate surface area is 87.2 Å². The molecule has 1 rings (SSSR count). The van der Waals surface area contributed by atoms with Crippen molar-refractivity contribution < 1.29 is 14.7 Å². The summed E-state index contributed by atoms with van der Waals surface area (Å²) < 4.78 is 0. The van der Waals surface area contributed by atoms with Gasteiger partial charge in [0.2, 0.25) is 0 Å². The van der Waals surface area contributed by atoms with Crippen LogP contribution in [0.5, 0.6) is 0 Å². The molecule has 0 aliphatic carbocycles. The van der Waals surface area contributed by atoms with Crippen molar-refractivity contribution in [1.82, 2.24) is 0 Å². The third-order valence-electron chi connectivity index (χ3n) is 1.76. The zero-order chi connectivity index (χ0) is 11.1. The third-order valence-corrected chi connectivity index (χ3v) is 1.76. The largest absolute Gasteiger partial charge is 0.478 e. The van der Waals surface area contributed by atoms with Crippen LogP contribution in [0.1, 0.15) is 10.4 Å². The lowest BCUT2D eigenvalue weighted by Crippen LogP contribution is -2.02. The molecule has 0 fully saturated rings. The normalized spacial score (nSPS) is 10.1. The van der Waals surface area contributed by atoms with E-state index in [1.807, 2.05) is 0 Å². The predicted molar refractivity (Wildman–Crippen MR) is 57.1 cm³/mol. The van der Waals surface area contributed by atoms with Gasteiger partial charge in [-0.2, -0.15) is 0 Å². The number of benzene rings is 1. The molecule has 4 heteroatoms. The number of aldehydes is 1. The summed E-state index contributed by atoms with van der Waals surface area (Å²) in [6, 6.07) is 7.02. The molecule has 78 valence electrons. The molecular weight excluding hydrogens is 194 g/mol. The zero-order valence-corrected chi connectivity index (χ0v) is 8.01. The molecule has 0 aromatic heterocycles. The van der Waals surface area contributed by atoms with E-state index >= 15 is 0 Å². The molecule has 1 aromatic carbocycles. The average Bonchev–Trinajstić information content (AvgIpc) is 2.24. The molecular formula is C11H11NO3. The van der Waals surface area contributed by atoms with Crippen LogP contribution in [0.25, 0.3) is 0 Å². The third kappa shape index (κ3) is 3.64. The summed E-state index contributed by atoms with van der Waals surface area (Å²) in [6.07, 6.45) is 3.28. The number of carbonyl (C=O) groups is 2. The molecule has 0 aliphatic heterocycles. The van der Waals surface area contributed by atoms with E-state index in [4.69, 9.17) is 5.11 Å². The Bertz CT molecular complexity index is 385. The second kappa shape index (κ2) is 5.59. The summed E-state index contributed by atoms with van der Waals surface area (Å²) >= 11 is 0. The van der Waals surface area contributed by atoms with Gasteiger partial charge in [-0.1, -0.05) is 18.2 Å². The lowest BCUT2D eigenvalue weighted by Gasteiger charge is -2.04. The van der Waals surface area contributed by atoms with E-state index in [1.54, 1.807) is 24.3 Å². The van der Waals surface area contributed by atoms with Gasteiger partial charge in [0.05, 0.1) is 0 Å². The first-order valence-electron chi connectivity index (χ1n) is 4.41. The molecule has 0 spiro atoms. The Balaban J connectivity index is 2.57. The number of hydrogen-bond acceptors (Lipinski definition) is 3. The van der Waals surface area contributed by atoms with Crippen molar-refractivity contribution >= 4 is 17.9 Å². The van der Waals surface area contributed by atoms with Gasteiger partial charge in [-0.15, -0.1) is 0 Å². The summed E-state index contributed by atoms with van der Waals surface area (Å²) in [5.41, 5.74) is 1.25. The first kappa shape index (κ1) is 11.0. The minimum atomic E-state index is -0.986. The second-order valence-electron chi connectivity index (χ2n) is 2.83. The summed E-state index contributed by atoms with van der Waals surface area (Å²) in [6.45, 7) is 0.372. The molecule has 0 saturated heterocycles. The van der Waals surface area contributed by atoms with Crippen LogP contribution in [-0.2, 0) is 4.79 Å². The van der Waals surface area contributed by atoms with Crippen LogP contribution >= 0.6 is 0 Å². The number of anilines is 1. The fourth-order valence-electron chi connectivity index (χ4n) is 1.09. The minimum Gasteiger partial charge on any atom is -0.478 e. The molecule has 0 saturated carbocycles. The predicted octanol–water partition coefficient (Wildman–Crippen LogP) is 1.55. The highest BCUT2D eigenvalue weighted by molar-refractivity contribution is 5.84. The van der Waals surface area contributed by atoms with Crippen molar-refractivity contribution in [2.24, 2.45) is 0 Å². The minimum absolute atomic E-state index is 0.372. The Morgan fingerprint density at radius 3 is 2.80 bits per heavy atom. The van der Waals surface area contributed by atoms with E-state index in [1.165, 1.54) is 6.08 Å². The van der Waals surface area contributed by atoms with E-state index in [9.17, 15) is 9.59 Å². The Morgan fingerprint density at radius 1 is 1.40 bits per heavy atom. The van der Waals surface area contributed by atoms with Crippen molar-refractivity contribution in [2.45, 2.75) is 0 Å². The van der Waals surface area contributed by atoms with E-state index < -0.39 is 5.97 Å². The van der Waals surface area contributed by atoms with E-state index in [2.05, 4.69) is 5.32 Å². The number of aliphatic carboxylic acids is 1. The van der Waals surface area contributed by atoms with Gasteiger partial charge < -0.3 is 10.4 Å². The molecule has 0 radical (unpaired) electrons. The molecule has 2 N–H and O–H groups in total.